The first-order chi connectivity index (χ1) is 10.9. The summed E-state index contributed by atoms with van der Waals surface area (Å²) in [5.74, 6) is 0. The van der Waals surface area contributed by atoms with Gasteiger partial charge in [0.05, 0.1) is 31.3 Å². The number of rotatable bonds is 7. The zero-order valence-electron chi connectivity index (χ0n) is 15.1. The van der Waals surface area contributed by atoms with Crippen LogP contribution >= 0.6 is 0 Å². The number of hydrogen-bond donors (Lipinski definition) is 3. The second-order valence-corrected chi connectivity index (χ2v) is 8.95. The quantitative estimate of drug-likeness (QED) is 0.638. The van der Waals surface area contributed by atoms with Crippen LogP contribution in [0.4, 0.5) is 0 Å². The van der Waals surface area contributed by atoms with Crippen molar-refractivity contribution in [2.75, 3.05) is 26.4 Å². The van der Waals surface area contributed by atoms with E-state index in [1.807, 2.05) is 6.92 Å². The van der Waals surface area contributed by atoms with E-state index in [0.29, 0.717) is 0 Å². The van der Waals surface area contributed by atoms with Crippen molar-refractivity contribution in [3.05, 3.63) is 29.8 Å². The minimum atomic E-state index is -3.73. The molecule has 7 heteroatoms. The molecule has 0 aliphatic carbocycles. The van der Waals surface area contributed by atoms with Crippen molar-refractivity contribution in [1.29, 1.82) is 0 Å². The van der Waals surface area contributed by atoms with Crippen molar-refractivity contribution in [2.45, 2.75) is 39.5 Å². The van der Waals surface area contributed by atoms with Gasteiger partial charge in [-0.3, -0.25) is 4.18 Å². The van der Waals surface area contributed by atoms with Gasteiger partial charge in [0.1, 0.15) is 0 Å². The van der Waals surface area contributed by atoms with E-state index in [1.54, 1.807) is 39.8 Å². The summed E-state index contributed by atoms with van der Waals surface area (Å²) in [5.41, 5.74) is 0.109. The van der Waals surface area contributed by atoms with Crippen molar-refractivity contribution in [2.24, 2.45) is 10.8 Å². The van der Waals surface area contributed by atoms with Crippen LogP contribution in [0.5, 0.6) is 0 Å². The third-order valence-electron chi connectivity index (χ3n) is 3.20. The Morgan fingerprint density at radius 1 is 0.875 bits per heavy atom. The number of aliphatic hydroxyl groups is 3. The summed E-state index contributed by atoms with van der Waals surface area (Å²) in [6, 6.07) is 6.45. The molecule has 1 aromatic rings. The summed E-state index contributed by atoms with van der Waals surface area (Å²) in [6.45, 7) is 8.87. The lowest BCUT2D eigenvalue weighted by Gasteiger charge is -2.20. The van der Waals surface area contributed by atoms with Gasteiger partial charge >= 0.3 is 0 Å². The highest BCUT2D eigenvalue weighted by molar-refractivity contribution is 7.86. The Morgan fingerprint density at radius 2 is 1.29 bits per heavy atom. The van der Waals surface area contributed by atoms with Gasteiger partial charge in [0.25, 0.3) is 10.1 Å². The van der Waals surface area contributed by atoms with Crippen molar-refractivity contribution >= 4 is 10.1 Å². The fraction of sp³-hybridized carbons (Fsp3) is 0.647. The summed E-state index contributed by atoms with van der Waals surface area (Å²) in [7, 11) is -3.73. The van der Waals surface area contributed by atoms with Crippen LogP contribution in [-0.2, 0) is 14.3 Å². The van der Waals surface area contributed by atoms with E-state index in [2.05, 4.69) is 0 Å². The summed E-state index contributed by atoms with van der Waals surface area (Å²) >= 11 is 0. The molecule has 0 fully saturated rings. The molecule has 0 spiro atoms. The van der Waals surface area contributed by atoms with Crippen LogP contribution in [0, 0.1) is 17.8 Å². The highest BCUT2D eigenvalue weighted by Crippen LogP contribution is 2.19. The summed E-state index contributed by atoms with van der Waals surface area (Å²) < 4.78 is 28.5. The second kappa shape index (κ2) is 9.48. The Hall–Kier alpha value is -0.990. The maximum absolute atomic E-state index is 11.8. The lowest BCUT2D eigenvalue weighted by atomic mass is 9.97. The van der Waals surface area contributed by atoms with E-state index >= 15 is 0 Å². The largest absolute Gasteiger partial charge is 0.396 e. The Bertz CT molecular complexity index is 570. The molecule has 140 valence electrons. The van der Waals surface area contributed by atoms with Crippen LogP contribution in [0.2, 0.25) is 0 Å². The zero-order chi connectivity index (χ0) is 19.0. The minimum absolute atomic E-state index is 0.0420. The first-order valence-electron chi connectivity index (χ1n) is 7.68. The Kier molecular flexibility index (Phi) is 9.09. The van der Waals surface area contributed by atoms with Crippen LogP contribution < -0.4 is 0 Å². The van der Waals surface area contributed by atoms with Crippen molar-refractivity contribution in [3.63, 3.8) is 0 Å². The number of aliphatic hydroxyl groups excluding tert-OH is 3. The Morgan fingerprint density at radius 3 is 1.62 bits per heavy atom. The molecule has 0 heterocycles. The monoisotopic (exact) mass is 362 g/mol. The van der Waals surface area contributed by atoms with E-state index in [9.17, 15) is 8.42 Å². The zero-order valence-corrected chi connectivity index (χ0v) is 15.9. The molecule has 0 aromatic heterocycles. The third kappa shape index (κ3) is 8.75. The average Bonchev–Trinajstić information content (AvgIpc) is 2.54. The molecule has 0 saturated carbocycles. The van der Waals surface area contributed by atoms with Crippen LogP contribution in [0.15, 0.2) is 29.2 Å². The molecule has 1 aromatic carbocycles. The van der Waals surface area contributed by atoms with Gasteiger partial charge in [-0.1, -0.05) is 45.4 Å². The maximum Gasteiger partial charge on any atom is 0.296 e. The highest BCUT2D eigenvalue weighted by Gasteiger charge is 2.22. The fourth-order valence-corrected chi connectivity index (χ4v) is 2.19. The molecular weight excluding hydrogens is 332 g/mol. The maximum atomic E-state index is 11.8. The summed E-state index contributed by atoms with van der Waals surface area (Å²) in [5, 5.41) is 25.9. The van der Waals surface area contributed by atoms with E-state index in [1.165, 1.54) is 12.1 Å². The molecule has 0 atom stereocenters. The van der Waals surface area contributed by atoms with Gasteiger partial charge < -0.3 is 15.3 Å². The Balaban J connectivity index is 0.000000640. The third-order valence-corrected chi connectivity index (χ3v) is 4.48. The molecule has 24 heavy (non-hydrogen) atoms. The van der Waals surface area contributed by atoms with Gasteiger partial charge in [0, 0.05) is 10.8 Å². The topological polar surface area (TPSA) is 104 Å². The Labute approximate surface area is 145 Å². The molecular formula is C17H30O6S. The highest BCUT2D eigenvalue weighted by atomic mass is 32.2. The van der Waals surface area contributed by atoms with Crippen LogP contribution in [0.1, 0.15) is 33.3 Å². The number of aryl methyl sites for hydroxylation is 1. The first kappa shape index (κ1) is 23.0. The number of benzene rings is 1. The average molecular weight is 362 g/mol. The minimum Gasteiger partial charge on any atom is -0.396 e. The normalized spacial score (nSPS) is 12.5. The lowest BCUT2D eigenvalue weighted by molar-refractivity contribution is 0.0857. The van der Waals surface area contributed by atoms with Crippen molar-refractivity contribution < 1.29 is 27.9 Å². The van der Waals surface area contributed by atoms with Crippen LogP contribution in [0.25, 0.3) is 0 Å². The smallest absolute Gasteiger partial charge is 0.296 e. The van der Waals surface area contributed by atoms with E-state index in [-0.39, 0.29) is 36.7 Å². The molecule has 0 amide bonds. The molecule has 0 aliphatic heterocycles. The van der Waals surface area contributed by atoms with Gasteiger partial charge in [0.15, 0.2) is 0 Å². The van der Waals surface area contributed by atoms with Crippen molar-refractivity contribution in [3.8, 4) is 0 Å². The van der Waals surface area contributed by atoms with Crippen LogP contribution in [0.3, 0.4) is 0 Å². The van der Waals surface area contributed by atoms with Gasteiger partial charge in [-0.05, 0) is 19.1 Å². The molecule has 0 bridgehead atoms. The second-order valence-electron chi connectivity index (χ2n) is 7.33. The van der Waals surface area contributed by atoms with Gasteiger partial charge in [0.2, 0.25) is 0 Å². The van der Waals surface area contributed by atoms with Gasteiger partial charge in [-0.15, -0.1) is 0 Å². The van der Waals surface area contributed by atoms with E-state index in [0.717, 1.165) is 5.56 Å². The van der Waals surface area contributed by atoms with Gasteiger partial charge in [-0.2, -0.15) is 8.42 Å². The van der Waals surface area contributed by atoms with Crippen molar-refractivity contribution in [1.82, 2.24) is 0 Å². The van der Waals surface area contributed by atoms with E-state index in [4.69, 9.17) is 19.5 Å². The number of hydrogen-bond acceptors (Lipinski definition) is 6. The molecule has 3 N–H and O–H groups in total. The predicted octanol–water partition coefficient (Wildman–Crippen LogP) is 1.72. The molecule has 0 aliphatic rings. The standard InChI is InChI=1S/C12H18O4S.C5H12O2/c1-10-4-6-11(7-5-10)17(14,15)16-9-12(2,3)8-13;1-5(2,3-6)4-7/h4-7,13H,8-9H2,1-3H3;6-7H,3-4H2,1-2H3. The van der Waals surface area contributed by atoms with E-state index < -0.39 is 15.5 Å². The van der Waals surface area contributed by atoms with Crippen LogP contribution in [-0.4, -0.2) is 50.2 Å². The molecule has 6 nitrogen and oxygen atoms in total. The van der Waals surface area contributed by atoms with Gasteiger partial charge in [-0.25, -0.2) is 0 Å². The molecule has 1 rings (SSSR count). The fourth-order valence-electron chi connectivity index (χ4n) is 1.11. The lowest BCUT2D eigenvalue weighted by Crippen LogP contribution is -2.25. The summed E-state index contributed by atoms with van der Waals surface area (Å²) in [6.07, 6.45) is 0. The SMILES string of the molecule is CC(C)(CO)CO.Cc1ccc(S(=O)(=O)OCC(C)(C)CO)cc1. The first-order valence-corrected chi connectivity index (χ1v) is 9.09. The predicted molar refractivity (Wildman–Crippen MR) is 93.1 cm³/mol. The molecule has 0 unspecified atom stereocenters. The molecule has 0 radical (unpaired) electrons. The summed E-state index contributed by atoms with van der Waals surface area (Å²) in [4.78, 5) is 0.136. The molecule has 0 saturated heterocycles.